The molecular formula is C15H21Cl2NO. The third-order valence-electron chi connectivity index (χ3n) is 4.36. The summed E-state index contributed by atoms with van der Waals surface area (Å²) < 4.78 is 0. The molecule has 2 nitrogen and oxygen atoms in total. The highest BCUT2D eigenvalue weighted by atomic mass is 35.5. The summed E-state index contributed by atoms with van der Waals surface area (Å²) in [7, 11) is 0. The zero-order valence-electron chi connectivity index (χ0n) is 11.6. The zero-order chi connectivity index (χ0) is 14.2. The summed E-state index contributed by atoms with van der Waals surface area (Å²) in [5.41, 5.74) is 0.998. The predicted molar refractivity (Wildman–Crippen MR) is 80.8 cm³/mol. The molecule has 0 saturated heterocycles. The van der Waals surface area contributed by atoms with Gasteiger partial charge in [-0.05, 0) is 30.5 Å². The Hall–Kier alpha value is -0.280. The van der Waals surface area contributed by atoms with Gasteiger partial charge in [0, 0.05) is 27.5 Å². The average molecular weight is 302 g/mol. The Morgan fingerprint density at radius 1 is 1.42 bits per heavy atom. The van der Waals surface area contributed by atoms with E-state index in [4.69, 9.17) is 23.2 Å². The highest BCUT2D eigenvalue weighted by Crippen LogP contribution is 2.42. The number of hydrogen-bond acceptors (Lipinski definition) is 2. The molecule has 0 spiro atoms. The summed E-state index contributed by atoms with van der Waals surface area (Å²) in [4.78, 5) is 0. The van der Waals surface area contributed by atoms with Crippen molar-refractivity contribution in [3.63, 3.8) is 0 Å². The van der Waals surface area contributed by atoms with Crippen LogP contribution in [0.15, 0.2) is 18.2 Å². The Bertz CT molecular complexity index is 461. The van der Waals surface area contributed by atoms with Crippen molar-refractivity contribution in [2.75, 3.05) is 0 Å². The van der Waals surface area contributed by atoms with Crippen LogP contribution in [0.3, 0.4) is 0 Å². The SMILES string of the molecule is CCC(NC1CC(O)C1(C)C)c1ccc(Cl)cc1Cl. The summed E-state index contributed by atoms with van der Waals surface area (Å²) in [6, 6.07) is 6.14. The van der Waals surface area contributed by atoms with Crippen molar-refractivity contribution in [3.8, 4) is 0 Å². The number of benzene rings is 1. The maximum Gasteiger partial charge on any atom is 0.0621 e. The minimum atomic E-state index is -0.219. The number of nitrogens with one attached hydrogen (secondary N) is 1. The van der Waals surface area contributed by atoms with Gasteiger partial charge in [-0.1, -0.05) is 50.0 Å². The van der Waals surface area contributed by atoms with E-state index in [-0.39, 0.29) is 17.6 Å². The summed E-state index contributed by atoms with van der Waals surface area (Å²) in [6.07, 6.45) is 1.53. The van der Waals surface area contributed by atoms with Crippen LogP contribution < -0.4 is 5.32 Å². The summed E-state index contributed by atoms with van der Waals surface area (Å²) >= 11 is 12.2. The number of hydrogen-bond donors (Lipinski definition) is 2. The molecule has 0 radical (unpaired) electrons. The van der Waals surface area contributed by atoms with Crippen LogP contribution in [0.2, 0.25) is 10.0 Å². The fourth-order valence-electron chi connectivity index (χ4n) is 2.64. The molecule has 3 unspecified atom stereocenters. The van der Waals surface area contributed by atoms with E-state index in [0.29, 0.717) is 16.1 Å². The highest BCUT2D eigenvalue weighted by molar-refractivity contribution is 6.35. The van der Waals surface area contributed by atoms with Crippen molar-refractivity contribution in [2.24, 2.45) is 5.41 Å². The Balaban J connectivity index is 2.13. The van der Waals surface area contributed by atoms with Gasteiger partial charge in [0.25, 0.3) is 0 Å². The topological polar surface area (TPSA) is 32.3 Å². The summed E-state index contributed by atoms with van der Waals surface area (Å²) in [6.45, 7) is 6.31. The first-order valence-electron chi connectivity index (χ1n) is 6.75. The van der Waals surface area contributed by atoms with E-state index in [1.165, 1.54) is 0 Å². The molecule has 1 aliphatic carbocycles. The van der Waals surface area contributed by atoms with Gasteiger partial charge in [0.05, 0.1) is 6.10 Å². The lowest BCUT2D eigenvalue weighted by Gasteiger charge is -2.51. The Morgan fingerprint density at radius 2 is 2.11 bits per heavy atom. The van der Waals surface area contributed by atoms with Crippen molar-refractivity contribution >= 4 is 23.2 Å². The molecule has 1 saturated carbocycles. The zero-order valence-corrected chi connectivity index (χ0v) is 13.1. The molecule has 0 aliphatic heterocycles. The number of rotatable bonds is 4. The van der Waals surface area contributed by atoms with E-state index >= 15 is 0 Å². The van der Waals surface area contributed by atoms with Crippen molar-refractivity contribution in [1.82, 2.24) is 5.32 Å². The van der Waals surface area contributed by atoms with Gasteiger partial charge in [-0.25, -0.2) is 0 Å². The summed E-state index contributed by atoms with van der Waals surface area (Å²) in [5.74, 6) is 0. The molecule has 4 heteroatoms. The molecule has 1 aromatic carbocycles. The van der Waals surface area contributed by atoms with E-state index in [1.54, 1.807) is 6.07 Å². The van der Waals surface area contributed by atoms with Crippen LogP contribution in [-0.2, 0) is 0 Å². The van der Waals surface area contributed by atoms with Gasteiger partial charge < -0.3 is 10.4 Å². The fraction of sp³-hybridized carbons (Fsp3) is 0.600. The van der Waals surface area contributed by atoms with Gasteiger partial charge in [-0.3, -0.25) is 0 Å². The third kappa shape index (κ3) is 2.92. The molecule has 106 valence electrons. The van der Waals surface area contributed by atoms with E-state index in [0.717, 1.165) is 18.4 Å². The van der Waals surface area contributed by atoms with Gasteiger partial charge in [-0.15, -0.1) is 0 Å². The number of aliphatic hydroxyl groups is 1. The fourth-order valence-corrected chi connectivity index (χ4v) is 3.18. The molecule has 0 aromatic heterocycles. The molecule has 0 amide bonds. The second kappa shape index (κ2) is 5.61. The second-order valence-electron chi connectivity index (χ2n) is 5.92. The quantitative estimate of drug-likeness (QED) is 0.874. The summed E-state index contributed by atoms with van der Waals surface area (Å²) in [5, 5.41) is 14.8. The van der Waals surface area contributed by atoms with E-state index in [9.17, 15) is 5.11 Å². The van der Waals surface area contributed by atoms with Crippen LogP contribution >= 0.6 is 23.2 Å². The van der Waals surface area contributed by atoms with Crippen molar-refractivity contribution < 1.29 is 5.11 Å². The molecule has 2 rings (SSSR count). The van der Waals surface area contributed by atoms with Crippen LogP contribution in [0.25, 0.3) is 0 Å². The van der Waals surface area contributed by atoms with Crippen LogP contribution in [0, 0.1) is 5.41 Å². The normalized spacial score (nSPS) is 26.8. The molecule has 1 fully saturated rings. The first kappa shape index (κ1) is 15.1. The minimum Gasteiger partial charge on any atom is -0.392 e. The van der Waals surface area contributed by atoms with Gasteiger partial charge in [0.1, 0.15) is 0 Å². The molecule has 19 heavy (non-hydrogen) atoms. The van der Waals surface area contributed by atoms with Gasteiger partial charge in [0.15, 0.2) is 0 Å². The highest BCUT2D eigenvalue weighted by Gasteiger charge is 2.47. The largest absolute Gasteiger partial charge is 0.392 e. The molecule has 1 aliphatic rings. The third-order valence-corrected chi connectivity index (χ3v) is 4.93. The lowest BCUT2D eigenvalue weighted by molar-refractivity contribution is -0.0762. The molecule has 0 bridgehead atoms. The predicted octanol–water partition coefficient (Wildman–Crippen LogP) is 4.19. The maximum absolute atomic E-state index is 9.81. The van der Waals surface area contributed by atoms with Crippen molar-refractivity contribution in [3.05, 3.63) is 33.8 Å². The number of aliphatic hydroxyl groups excluding tert-OH is 1. The van der Waals surface area contributed by atoms with Gasteiger partial charge in [-0.2, -0.15) is 0 Å². The van der Waals surface area contributed by atoms with Gasteiger partial charge >= 0.3 is 0 Å². The van der Waals surface area contributed by atoms with E-state index in [1.807, 2.05) is 12.1 Å². The lowest BCUT2D eigenvalue weighted by Crippen LogP contribution is -2.60. The van der Waals surface area contributed by atoms with Crippen molar-refractivity contribution in [2.45, 2.75) is 51.8 Å². The Kier molecular flexibility index (Phi) is 4.46. The Morgan fingerprint density at radius 3 is 2.58 bits per heavy atom. The standard InChI is InChI=1S/C15H21Cl2NO/c1-4-12(10-6-5-9(16)7-11(10)17)18-13-8-14(19)15(13,2)3/h5-7,12-14,18-19H,4,8H2,1-3H3. The Labute approximate surface area is 125 Å². The van der Waals surface area contributed by atoms with Crippen LogP contribution in [0.5, 0.6) is 0 Å². The minimum absolute atomic E-state index is 0.0771. The van der Waals surface area contributed by atoms with Gasteiger partial charge in [0.2, 0.25) is 0 Å². The van der Waals surface area contributed by atoms with Crippen molar-refractivity contribution in [1.29, 1.82) is 0 Å². The average Bonchev–Trinajstić information content (AvgIpc) is 2.35. The maximum atomic E-state index is 9.81. The van der Waals surface area contributed by atoms with Crippen LogP contribution in [0.1, 0.15) is 45.2 Å². The van der Waals surface area contributed by atoms with Crippen LogP contribution in [-0.4, -0.2) is 17.3 Å². The first-order valence-corrected chi connectivity index (χ1v) is 7.51. The second-order valence-corrected chi connectivity index (χ2v) is 6.76. The molecule has 1 aromatic rings. The molecule has 0 heterocycles. The molecule has 2 N–H and O–H groups in total. The monoisotopic (exact) mass is 301 g/mol. The van der Waals surface area contributed by atoms with E-state index < -0.39 is 0 Å². The number of halogens is 2. The van der Waals surface area contributed by atoms with E-state index in [2.05, 4.69) is 26.1 Å². The smallest absolute Gasteiger partial charge is 0.0621 e. The first-order chi connectivity index (χ1) is 8.86. The molecular weight excluding hydrogens is 281 g/mol. The van der Waals surface area contributed by atoms with Crippen LogP contribution in [0.4, 0.5) is 0 Å². The lowest BCUT2D eigenvalue weighted by atomic mass is 9.64. The molecule has 3 atom stereocenters.